The van der Waals surface area contributed by atoms with Gasteiger partial charge >= 0.3 is 0 Å². The van der Waals surface area contributed by atoms with Gasteiger partial charge in [-0.15, -0.1) is 0 Å². The van der Waals surface area contributed by atoms with Gasteiger partial charge in [0.15, 0.2) is 0 Å². The first-order chi connectivity index (χ1) is 11.6. The van der Waals surface area contributed by atoms with Gasteiger partial charge in [-0.2, -0.15) is 0 Å². The lowest BCUT2D eigenvalue weighted by molar-refractivity contribution is -0.117. The molecule has 0 spiro atoms. The molecule has 0 saturated heterocycles. The van der Waals surface area contributed by atoms with Crippen LogP contribution in [0, 0.1) is 0 Å². The van der Waals surface area contributed by atoms with E-state index in [-0.39, 0.29) is 5.91 Å². The molecule has 2 aromatic carbocycles. The topological polar surface area (TPSA) is 52.9 Å². The van der Waals surface area contributed by atoms with Crippen molar-refractivity contribution in [2.75, 3.05) is 4.90 Å². The Bertz CT molecular complexity index is 821. The third-order valence-electron chi connectivity index (χ3n) is 4.49. The number of nitrogens with zero attached hydrogens (tertiary/aromatic N) is 2. The Morgan fingerprint density at radius 2 is 1.88 bits per heavy atom. The van der Waals surface area contributed by atoms with Crippen LogP contribution in [0.15, 0.2) is 59.6 Å². The molecule has 2 atom stereocenters. The van der Waals surface area contributed by atoms with Crippen LogP contribution in [0.2, 0.25) is 0 Å². The van der Waals surface area contributed by atoms with Crippen molar-refractivity contribution in [2.45, 2.75) is 30.9 Å². The molecule has 0 aliphatic carbocycles. The number of hydrogen-bond acceptors (Lipinski definition) is 4. The van der Waals surface area contributed by atoms with E-state index in [1.54, 1.807) is 4.90 Å². The summed E-state index contributed by atoms with van der Waals surface area (Å²) in [6.07, 6.45) is 1.64. The molecule has 0 bridgehead atoms. The highest BCUT2D eigenvalue weighted by Crippen LogP contribution is 2.53. The number of aryl methyl sites for hydroxylation is 1. The van der Waals surface area contributed by atoms with E-state index < -0.39 is 11.1 Å². The van der Waals surface area contributed by atoms with Crippen LogP contribution < -0.4 is 4.90 Å². The van der Waals surface area contributed by atoms with Crippen LogP contribution in [-0.2, 0) is 16.9 Å². The SMILES string of the molecule is CC(=O)N1c2ccccc2[C@@]2(O)N=C(CCc3ccccc3)SC12. The number of aliphatic imine (C=N–C) groups is 1. The van der Waals surface area contributed by atoms with Gasteiger partial charge in [-0.25, -0.2) is 4.99 Å². The van der Waals surface area contributed by atoms with Crippen LogP contribution >= 0.6 is 11.8 Å². The fraction of sp³-hybridized carbons (Fsp3) is 0.263. The summed E-state index contributed by atoms with van der Waals surface area (Å²) in [6.45, 7) is 1.53. The number of amides is 1. The van der Waals surface area contributed by atoms with E-state index in [1.807, 2.05) is 42.5 Å². The number of rotatable bonds is 3. The minimum absolute atomic E-state index is 0.0737. The second-order valence-electron chi connectivity index (χ2n) is 6.09. The fourth-order valence-electron chi connectivity index (χ4n) is 3.38. The van der Waals surface area contributed by atoms with E-state index in [0.29, 0.717) is 5.56 Å². The molecule has 4 nitrogen and oxygen atoms in total. The van der Waals surface area contributed by atoms with E-state index in [1.165, 1.54) is 24.2 Å². The summed E-state index contributed by atoms with van der Waals surface area (Å²) in [5, 5.41) is 11.7. The van der Waals surface area contributed by atoms with Gasteiger partial charge in [0.25, 0.3) is 0 Å². The van der Waals surface area contributed by atoms with Crippen LogP contribution in [0.3, 0.4) is 0 Å². The molecule has 5 heteroatoms. The molecule has 2 heterocycles. The van der Waals surface area contributed by atoms with E-state index >= 15 is 0 Å². The first kappa shape index (κ1) is 15.4. The van der Waals surface area contributed by atoms with Gasteiger partial charge in [0, 0.05) is 12.5 Å². The van der Waals surface area contributed by atoms with Crippen molar-refractivity contribution in [3.8, 4) is 0 Å². The smallest absolute Gasteiger partial charge is 0.225 e. The molecule has 24 heavy (non-hydrogen) atoms. The highest BCUT2D eigenvalue weighted by atomic mass is 32.2. The molecule has 0 fully saturated rings. The Morgan fingerprint density at radius 3 is 2.62 bits per heavy atom. The van der Waals surface area contributed by atoms with Crippen molar-refractivity contribution in [3.05, 3.63) is 65.7 Å². The number of aliphatic hydroxyl groups is 1. The number of para-hydroxylation sites is 1. The Labute approximate surface area is 145 Å². The number of benzene rings is 2. The summed E-state index contributed by atoms with van der Waals surface area (Å²) in [5.74, 6) is -0.0737. The van der Waals surface area contributed by atoms with Gasteiger partial charge in [0.2, 0.25) is 11.6 Å². The molecule has 0 aromatic heterocycles. The first-order valence-electron chi connectivity index (χ1n) is 8.00. The van der Waals surface area contributed by atoms with E-state index in [9.17, 15) is 9.90 Å². The van der Waals surface area contributed by atoms with Crippen LogP contribution in [0.25, 0.3) is 0 Å². The number of fused-ring (bicyclic) bond motifs is 3. The molecular formula is C19H18N2O2S. The molecule has 1 amide bonds. The van der Waals surface area contributed by atoms with Crippen molar-refractivity contribution < 1.29 is 9.90 Å². The summed E-state index contributed by atoms with van der Waals surface area (Å²) in [4.78, 5) is 18.4. The Hall–Kier alpha value is -2.11. The summed E-state index contributed by atoms with van der Waals surface area (Å²) >= 11 is 1.50. The lowest BCUT2D eigenvalue weighted by atomic mass is 10.1. The molecule has 2 aliphatic heterocycles. The van der Waals surface area contributed by atoms with Crippen molar-refractivity contribution in [3.63, 3.8) is 0 Å². The number of carbonyl (C=O) groups is 1. The van der Waals surface area contributed by atoms with Crippen molar-refractivity contribution >= 4 is 28.4 Å². The summed E-state index contributed by atoms with van der Waals surface area (Å²) in [7, 11) is 0. The number of thioether (sulfide) groups is 1. The van der Waals surface area contributed by atoms with Crippen molar-refractivity contribution in [1.82, 2.24) is 0 Å². The Morgan fingerprint density at radius 1 is 1.17 bits per heavy atom. The lowest BCUT2D eigenvalue weighted by Crippen LogP contribution is -2.41. The van der Waals surface area contributed by atoms with Gasteiger partial charge in [0.1, 0.15) is 5.37 Å². The predicted octanol–water partition coefficient (Wildman–Crippen LogP) is 3.30. The molecule has 1 unspecified atom stereocenters. The van der Waals surface area contributed by atoms with E-state index in [0.717, 1.165) is 23.6 Å². The molecule has 122 valence electrons. The Balaban J connectivity index is 1.63. The zero-order valence-electron chi connectivity index (χ0n) is 13.3. The van der Waals surface area contributed by atoms with Gasteiger partial charge in [-0.3, -0.25) is 9.69 Å². The average molecular weight is 338 g/mol. The largest absolute Gasteiger partial charge is 0.363 e. The third-order valence-corrected chi connectivity index (χ3v) is 5.82. The normalized spacial score (nSPS) is 24.5. The van der Waals surface area contributed by atoms with E-state index in [2.05, 4.69) is 17.1 Å². The van der Waals surface area contributed by atoms with Crippen LogP contribution in [-0.4, -0.2) is 21.4 Å². The molecule has 2 aromatic rings. The maximum Gasteiger partial charge on any atom is 0.225 e. The molecule has 1 N–H and O–H groups in total. The average Bonchev–Trinajstić information content (AvgIpc) is 3.03. The molecule has 4 rings (SSSR count). The van der Waals surface area contributed by atoms with Crippen molar-refractivity contribution in [1.29, 1.82) is 0 Å². The standard InChI is InChI=1S/C19H18N2O2S/c1-13(22)21-16-10-6-5-9-15(16)19(23)18(21)24-17(20-19)12-11-14-7-3-2-4-8-14/h2-10,18,23H,11-12H2,1H3/t18?,19-/m0/s1. The van der Waals surface area contributed by atoms with Crippen molar-refractivity contribution in [2.24, 2.45) is 4.99 Å². The molecule has 2 aliphatic rings. The number of anilines is 1. The van der Waals surface area contributed by atoms with Crippen LogP contribution in [0.5, 0.6) is 0 Å². The van der Waals surface area contributed by atoms with E-state index in [4.69, 9.17) is 0 Å². The highest BCUT2D eigenvalue weighted by molar-refractivity contribution is 8.14. The second kappa shape index (κ2) is 5.76. The Kier molecular flexibility index (Phi) is 3.70. The minimum Gasteiger partial charge on any atom is -0.363 e. The molecule has 0 saturated carbocycles. The summed E-state index contributed by atoms with van der Waals surface area (Å²) < 4.78 is 0. The molecule has 0 radical (unpaired) electrons. The van der Waals surface area contributed by atoms with Gasteiger partial charge in [-0.1, -0.05) is 60.3 Å². The van der Waals surface area contributed by atoms with Gasteiger partial charge in [-0.05, 0) is 24.5 Å². The third kappa shape index (κ3) is 2.36. The minimum atomic E-state index is -1.33. The second-order valence-corrected chi connectivity index (χ2v) is 7.25. The van der Waals surface area contributed by atoms with Gasteiger partial charge in [0.05, 0.1) is 10.7 Å². The quantitative estimate of drug-likeness (QED) is 0.934. The zero-order valence-corrected chi connectivity index (χ0v) is 14.2. The van der Waals surface area contributed by atoms with Gasteiger partial charge < -0.3 is 5.11 Å². The zero-order chi connectivity index (χ0) is 16.7. The van der Waals surface area contributed by atoms with Crippen LogP contribution in [0.4, 0.5) is 5.69 Å². The highest BCUT2D eigenvalue weighted by Gasteiger charge is 2.55. The lowest BCUT2D eigenvalue weighted by Gasteiger charge is -2.25. The first-order valence-corrected chi connectivity index (χ1v) is 8.88. The molecular weight excluding hydrogens is 320 g/mol. The maximum atomic E-state index is 12.1. The summed E-state index contributed by atoms with van der Waals surface area (Å²) in [6, 6.07) is 17.7. The monoisotopic (exact) mass is 338 g/mol. The predicted molar refractivity (Wildman–Crippen MR) is 97.1 cm³/mol. The number of hydrogen-bond donors (Lipinski definition) is 1. The van der Waals surface area contributed by atoms with Crippen LogP contribution in [0.1, 0.15) is 24.5 Å². The number of carbonyl (C=O) groups excluding carboxylic acids is 1. The summed E-state index contributed by atoms with van der Waals surface area (Å²) in [5.41, 5.74) is 1.39. The fourth-order valence-corrected chi connectivity index (χ4v) is 4.76. The maximum absolute atomic E-state index is 12.1.